The minimum Gasteiger partial charge on any atom is -0.493 e. The topological polar surface area (TPSA) is 39.7 Å². The zero-order chi connectivity index (χ0) is 17.1. The number of benzene rings is 2. The minimum absolute atomic E-state index is 0.266. The van der Waals surface area contributed by atoms with Crippen LogP contribution in [0.5, 0.6) is 17.2 Å². The summed E-state index contributed by atoms with van der Waals surface area (Å²) in [5.41, 5.74) is 1.99. The van der Waals surface area contributed by atoms with Crippen molar-refractivity contribution in [2.24, 2.45) is 5.92 Å². The predicted molar refractivity (Wildman–Crippen MR) is 93.0 cm³/mol. The molecule has 0 aromatic heterocycles. The average Bonchev–Trinajstić information content (AvgIpc) is 3.14. The molecular formula is C20H22FNO3. The zero-order valence-corrected chi connectivity index (χ0v) is 14.0. The summed E-state index contributed by atoms with van der Waals surface area (Å²) < 4.78 is 29.5. The summed E-state index contributed by atoms with van der Waals surface area (Å²) in [4.78, 5) is 0. The van der Waals surface area contributed by atoms with E-state index < -0.39 is 6.67 Å². The zero-order valence-electron chi connectivity index (χ0n) is 14.0. The van der Waals surface area contributed by atoms with Crippen LogP contribution in [0.25, 0.3) is 0 Å². The molecule has 2 aromatic carbocycles. The lowest BCUT2D eigenvalue weighted by molar-refractivity contribution is 0.173. The number of rotatable bonds is 5. The van der Waals surface area contributed by atoms with Gasteiger partial charge in [-0.15, -0.1) is 0 Å². The Bertz CT molecular complexity index is 719. The fourth-order valence-electron chi connectivity index (χ4n) is 3.56. The smallest absolute Gasteiger partial charge is 0.231 e. The second-order valence-electron chi connectivity index (χ2n) is 6.56. The van der Waals surface area contributed by atoms with Gasteiger partial charge in [-0.1, -0.05) is 24.3 Å². The third-order valence-electron chi connectivity index (χ3n) is 4.98. The van der Waals surface area contributed by atoms with E-state index in [1.165, 1.54) is 5.56 Å². The van der Waals surface area contributed by atoms with Crippen molar-refractivity contribution in [3.63, 3.8) is 0 Å². The summed E-state index contributed by atoms with van der Waals surface area (Å²) in [6.07, 6.45) is 1.06. The molecule has 0 radical (unpaired) electrons. The van der Waals surface area contributed by atoms with Gasteiger partial charge in [-0.3, -0.25) is 0 Å². The number of hydrogen-bond donors (Lipinski definition) is 1. The summed E-state index contributed by atoms with van der Waals surface area (Å²) >= 11 is 0. The van der Waals surface area contributed by atoms with Crippen molar-refractivity contribution in [2.75, 3.05) is 26.5 Å². The van der Waals surface area contributed by atoms with Gasteiger partial charge in [0.15, 0.2) is 11.5 Å². The third kappa shape index (κ3) is 3.56. The maximum atomic E-state index is 12.7. The van der Waals surface area contributed by atoms with Gasteiger partial charge in [-0.05, 0) is 42.1 Å². The van der Waals surface area contributed by atoms with Crippen LogP contribution in [0.4, 0.5) is 4.39 Å². The molecule has 0 aliphatic carbocycles. The summed E-state index contributed by atoms with van der Waals surface area (Å²) in [6.45, 7) is 2.39. The van der Waals surface area contributed by atoms with Gasteiger partial charge in [0.2, 0.25) is 6.79 Å². The molecule has 0 amide bonds. The molecule has 1 fully saturated rings. The lowest BCUT2D eigenvalue weighted by Gasteiger charge is -2.32. The van der Waals surface area contributed by atoms with Crippen LogP contribution < -0.4 is 19.5 Å². The Labute approximate surface area is 146 Å². The van der Waals surface area contributed by atoms with Gasteiger partial charge in [0.05, 0.1) is 6.61 Å². The minimum atomic E-state index is -0.414. The molecule has 0 bridgehead atoms. The molecule has 1 saturated heterocycles. The molecule has 0 unspecified atom stereocenters. The largest absolute Gasteiger partial charge is 0.493 e. The summed E-state index contributed by atoms with van der Waals surface area (Å²) in [5, 5.41) is 3.45. The number of fused-ring (bicyclic) bond motifs is 1. The van der Waals surface area contributed by atoms with Crippen molar-refractivity contribution in [3.05, 3.63) is 53.6 Å². The van der Waals surface area contributed by atoms with Gasteiger partial charge >= 0.3 is 0 Å². The van der Waals surface area contributed by atoms with E-state index in [2.05, 4.69) is 17.4 Å². The molecule has 4 nitrogen and oxygen atoms in total. The number of halogens is 1. The van der Waals surface area contributed by atoms with Crippen LogP contribution in [-0.2, 0) is 6.67 Å². The highest BCUT2D eigenvalue weighted by molar-refractivity contribution is 5.46. The van der Waals surface area contributed by atoms with Gasteiger partial charge in [0, 0.05) is 18.5 Å². The fourth-order valence-corrected chi connectivity index (χ4v) is 3.56. The second-order valence-corrected chi connectivity index (χ2v) is 6.56. The molecule has 2 heterocycles. The number of ether oxygens (including phenoxy) is 3. The first-order chi connectivity index (χ1) is 12.3. The number of nitrogens with one attached hydrogen (secondary N) is 1. The van der Waals surface area contributed by atoms with E-state index in [4.69, 9.17) is 14.2 Å². The van der Waals surface area contributed by atoms with Crippen LogP contribution in [0.3, 0.4) is 0 Å². The quantitative estimate of drug-likeness (QED) is 0.899. The predicted octanol–water partition coefficient (Wildman–Crippen LogP) is 3.66. The fraction of sp³-hybridized carbons (Fsp3) is 0.400. The van der Waals surface area contributed by atoms with Crippen molar-refractivity contribution < 1.29 is 18.6 Å². The van der Waals surface area contributed by atoms with Gasteiger partial charge in [-0.25, -0.2) is 4.39 Å². The highest BCUT2D eigenvalue weighted by Crippen LogP contribution is 2.36. The van der Waals surface area contributed by atoms with Crippen molar-refractivity contribution in [2.45, 2.75) is 19.0 Å². The molecule has 4 rings (SSSR count). The Balaban J connectivity index is 1.43. The van der Waals surface area contributed by atoms with Crippen LogP contribution in [0.1, 0.15) is 23.5 Å². The monoisotopic (exact) mass is 343 g/mol. The van der Waals surface area contributed by atoms with Crippen LogP contribution in [-0.4, -0.2) is 26.5 Å². The molecule has 2 atom stereocenters. The summed E-state index contributed by atoms with van der Waals surface area (Å²) in [5.74, 6) is 3.08. The van der Waals surface area contributed by atoms with Crippen LogP contribution in [0.2, 0.25) is 0 Å². The molecule has 5 heteroatoms. The van der Waals surface area contributed by atoms with Gasteiger partial charge in [-0.2, -0.15) is 0 Å². The number of piperidine rings is 1. The standard InChI is InChI=1S/C20H22FNO3/c21-10-14-1-3-15(4-2-14)18-7-8-22-11-16(18)12-23-17-5-6-19-20(9-17)25-13-24-19/h1-6,9,16,18,22H,7-8,10-13H2/t16-,18-/m1/s1. The van der Waals surface area contributed by atoms with Crippen molar-refractivity contribution >= 4 is 0 Å². The molecule has 2 aromatic rings. The second kappa shape index (κ2) is 7.31. The highest BCUT2D eigenvalue weighted by atomic mass is 19.1. The van der Waals surface area contributed by atoms with E-state index in [1.54, 1.807) is 0 Å². The first-order valence-electron chi connectivity index (χ1n) is 8.71. The summed E-state index contributed by atoms with van der Waals surface area (Å²) in [7, 11) is 0. The van der Waals surface area contributed by atoms with E-state index in [1.807, 2.05) is 30.3 Å². The number of hydrogen-bond acceptors (Lipinski definition) is 4. The lowest BCUT2D eigenvalue weighted by Crippen LogP contribution is -2.38. The van der Waals surface area contributed by atoms with Crippen molar-refractivity contribution in [1.82, 2.24) is 5.32 Å². The van der Waals surface area contributed by atoms with Crippen LogP contribution >= 0.6 is 0 Å². The Morgan fingerprint density at radius 1 is 1.08 bits per heavy atom. The molecule has 0 saturated carbocycles. The summed E-state index contributed by atoms with van der Waals surface area (Å²) in [6, 6.07) is 13.5. The lowest BCUT2D eigenvalue weighted by atomic mass is 9.81. The molecule has 25 heavy (non-hydrogen) atoms. The molecule has 2 aliphatic heterocycles. The van der Waals surface area contributed by atoms with Crippen molar-refractivity contribution in [1.29, 1.82) is 0 Å². The highest BCUT2D eigenvalue weighted by Gasteiger charge is 2.27. The van der Waals surface area contributed by atoms with E-state index in [0.29, 0.717) is 18.4 Å². The SMILES string of the molecule is FCc1ccc([C@H]2CCNC[C@@H]2COc2ccc3c(c2)OCO3)cc1. The molecule has 132 valence electrons. The maximum absolute atomic E-state index is 12.7. The Kier molecular flexibility index (Phi) is 4.74. The first-order valence-corrected chi connectivity index (χ1v) is 8.71. The van der Waals surface area contributed by atoms with E-state index in [9.17, 15) is 4.39 Å². The van der Waals surface area contributed by atoms with Gasteiger partial charge in [0.1, 0.15) is 12.4 Å². The van der Waals surface area contributed by atoms with Gasteiger partial charge < -0.3 is 19.5 Å². The van der Waals surface area contributed by atoms with Gasteiger partial charge in [0.25, 0.3) is 0 Å². The van der Waals surface area contributed by atoms with Crippen LogP contribution in [0, 0.1) is 5.92 Å². The Morgan fingerprint density at radius 3 is 2.76 bits per heavy atom. The molecule has 1 N–H and O–H groups in total. The normalized spacial score (nSPS) is 22.0. The maximum Gasteiger partial charge on any atom is 0.231 e. The molecule has 0 spiro atoms. The van der Waals surface area contributed by atoms with E-state index >= 15 is 0 Å². The van der Waals surface area contributed by atoms with E-state index in [-0.39, 0.29) is 6.79 Å². The van der Waals surface area contributed by atoms with E-state index in [0.717, 1.165) is 42.3 Å². The Morgan fingerprint density at radius 2 is 1.92 bits per heavy atom. The molecular weight excluding hydrogens is 321 g/mol. The number of alkyl halides is 1. The third-order valence-corrected chi connectivity index (χ3v) is 4.98. The van der Waals surface area contributed by atoms with Crippen molar-refractivity contribution in [3.8, 4) is 17.2 Å². The van der Waals surface area contributed by atoms with Crippen LogP contribution in [0.15, 0.2) is 42.5 Å². The molecule has 2 aliphatic rings. The average molecular weight is 343 g/mol. The Hall–Kier alpha value is -2.27. The first kappa shape index (κ1) is 16.2.